The Morgan fingerprint density at radius 3 is 2.89 bits per heavy atom. The molecule has 0 radical (unpaired) electrons. The Labute approximate surface area is 104 Å². The maximum absolute atomic E-state index is 11.7. The van der Waals surface area contributed by atoms with Crippen molar-refractivity contribution in [1.29, 1.82) is 0 Å². The molecule has 1 aromatic rings. The average molecular weight is 247 g/mol. The quantitative estimate of drug-likeness (QED) is 0.792. The standard InChI is InChI=1S/C13H13NO4/c15-12-4-2-9(13(16)14-12)5-8-1-3-10-11(6-8)18-7-17-10/h1,3,6,9H,2,4-5,7H2,(H,14,15,16). The largest absolute Gasteiger partial charge is 0.454 e. The van der Waals surface area contributed by atoms with E-state index in [-0.39, 0.29) is 24.5 Å². The van der Waals surface area contributed by atoms with Gasteiger partial charge in [-0.15, -0.1) is 0 Å². The molecule has 2 amide bonds. The van der Waals surface area contributed by atoms with Crippen LogP contribution in [0, 0.1) is 5.92 Å². The number of amides is 2. The first-order chi connectivity index (χ1) is 8.72. The number of piperidine rings is 1. The van der Waals surface area contributed by atoms with Gasteiger partial charge >= 0.3 is 0 Å². The van der Waals surface area contributed by atoms with Crippen molar-refractivity contribution < 1.29 is 19.1 Å². The smallest absolute Gasteiger partial charge is 0.231 e. The second-order valence-corrected chi connectivity index (χ2v) is 4.54. The molecular formula is C13H13NO4. The maximum atomic E-state index is 11.7. The molecule has 0 aromatic heterocycles. The van der Waals surface area contributed by atoms with Gasteiger partial charge in [0, 0.05) is 12.3 Å². The fourth-order valence-electron chi connectivity index (χ4n) is 2.29. The van der Waals surface area contributed by atoms with E-state index in [4.69, 9.17) is 9.47 Å². The molecule has 5 heteroatoms. The van der Waals surface area contributed by atoms with Crippen molar-refractivity contribution in [3.8, 4) is 11.5 Å². The maximum Gasteiger partial charge on any atom is 0.231 e. The average Bonchev–Trinajstić information content (AvgIpc) is 2.80. The fraction of sp³-hybridized carbons (Fsp3) is 0.385. The number of carbonyl (C=O) groups is 2. The number of hydrogen-bond acceptors (Lipinski definition) is 4. The monoisotopic (exact) mass is 247 g/mol. The number of carbonyl (C=O) groups excluding carboxylic acids is 2. The van der Waals surface area contributed by atoms with Crippen LogP contribution < -0.4 is 14.8 Å². The van der Waals surface area contributed by atoms with Crippen LogP contribution in [-0.4, -0.2) is 18.6 Å². The van der Waals surface area contributed by atoms with Gasteiger partial charge in [0.25, 0.3) is 0 Å². The summed E-state index contributed by atoms with van der Waals surface area (Å²) in [5.41, 5.74) is 1.02. The van der Waals surface area contributed by atoms with Crippen LogP contribution in [0.2, 0.25) is 0 Å². The number of ether oxygens (including phenoxy) is 2. The van der Waals surface area contributed by atoms with Crippen LogP contribution >= 0.6 is 0 Å². The molecule has 1 aromatic carbocycles. The molecule has 1 atom stereocenters. The third kappa shape index (κ3) is 2.03. The first kappa shape index (κ1) is 11.1. The van der Waals surface area contributed by atoms with Gasteiger partial charge in [0.1, 0.15) is 0 Å². The van der Waals surface area contributed by atoms with E-state index in [1.807, 2.05) is 18.2 Å². The zero-order valence-electron chi connectivity index (χ0n) is 9.77. The van der Waals surface area contributed by atoms with Crippen LogP contribution in [0.3, 0.4) is 0 Å². The minimum Gasteiger partial charge on any atom is -0.454 e. The number of hydrogen-bond donors (Lipinski definition) is 1. The molecule has 18 heavy (non-hydrogen) atoms. The van der Waals surface area contributed by atoms with Crippen molar-refractivity contribution in [2.24, 2.45) is 5.92 Å². The molecule has 2 aliphatic rings. The van der Waals surface area contributed by atoms with E-state index >= 15 is 0 Å². The van der Waals surface area contributed by atoms with Gasteiger partial charge in [-0.05, 0) is 30.5 Å². The second-order valence-electron chi connectivity index (χ2n) is 4.54. The third-order valence-electron chi connectivity index (χ3n) is 3.27. The summed E-state index contributed by atoms with van der Waals surface area (Å²) in [5.74, 6) is 0.968. The summed E-state index contributed by atoms with van der Waals surface area (Å²) >= 11 is 0. The zero-order valence-corrected chi connectivity index (χ0v) is 9.77. The minimum atomic E-state index is -0.179. The predicted molar refractivity (Wildman–Crippen MR) is 62.1 cm³/mol. The van der Waals surface area contributed by atoms with Crippen molar-refractivity contribution in [2.45, 2.75) is 19.3 Å². The van der Waals surface area contributed by atoms with E-state index in [0.717, 1.165) is 17.1 Å². The van der Waals surface area contributed by atoms with E-state index in [2.05, 4.69) is 5.32 Å². The van der Waals surface area contributed by atoms with Crippen LogP contribution in [0.4, 0.5) is 0 Å². The predicted octanol–water partition coefficient (Wildman–Crippen LogP) is 1.01. The molecule has 1 unspecified atom stereocenters. The van der Waals surface area contributed by atoms with E-state index in [1.165, 1.54) is 0 Å². The number of nitrogens with one attached hydrogen (secondary N) is 1. The van der Waals surface area contributed by atoms with Gasteiger partial charge in [-0.1, -0.05) is 6.07 Å². The Hall–Kier alpha value is -2.04. The summed E-state index contributed by atoms with van der Waals surface area (Å²) in [6.07, 6.45) is 1.65. The lowest BCUT2D eigenvalue weighted by Crippen LogP contribution is -2.41. The first-order valence-electron chi connectivity index (χ1n) is 5.94. The van der Waals surface area contributed by atoms with Crippen LogP contribution in [-0.2, 0) is 16.0 Å². The number of benzene rings is 1. The van der Waals surface area contributed by atoms with Crippen LogP contribution in [0.15, 0.2) is 18.2 Å². The Balaban J connectivity index is 1.73. The van der Waals surface area contributed by atoms with E-state index < -0.39 is 0 Å². The normalized spacial score (nSPS) is 21.9. The van der Waals surface area contributed by atoms with Crippen LogP contribution in [0.1, 0.15) is 18.4 Å². The van der Waals surface area contributed by atoms with Gasteiger partial charge in [-0.25, -0.2) is 0 Å². The molecule has 0 aliphatic carbocycles. The van der Waals surface area contributed by atoms with Gasteiger partial charge in [0.05, 0.1) is 0 Å². The Morgan fingerprint density at radius 1 is 1.22 bits per heavy atom. The molecule has 2 aliphatic heterocycles. The lowest BCUT2D eigenvalue weighted by molar-refractivity contribution is -0.136. The van der Waals surface area contributed by atoms with Crippen LogP contribution in [0.25, 0.3) is 0 Å². The summed E-state index contributed by atoms with van der Waals surface area (Å²) < 4.78 is 10.5. The molecular weight excluding hydrogens is 234 g/mol. The summed E-state index contributed by atoms with van der Waals surface area (Å²) in [6, 6.07) is 5.67. The summed E-state index contributed by atoms with van der Waals surface area (Å²) in [5, 5.41) is 2.37. The molecule has 1 N–H and O–H groups in total. The van der Waals surface area contributed by atoms with Crippen molar-refractivity contribution in [3.63, 3.8) is 0 Å². The zero-order chi connectivity index (χ0) is 12.5. The molecule has 1 saturated heterocycles. The molecule has 94 valence electrons. The van der Waals surface area contributed by atoms with Crippen molar-refractivity contribution in [1.82, 2.24) is 5.32 Å². The molecule has 2 heterocycles. The Kier molecular flexibility index (Phi) is 2.66. The topological polar surface area (TPSA) is 64.6 Å². The van der Waals surface area contributed by atoms with Crippen LogP contribution in [0.5, 0.6) is 11.5 Å². The Morgan fingerprint density at radius 2 is 2.06 bits per heavy atom. The highest BCUT2D eigenvalue weighted by atomic mass is 16.7. The van der Waals surface area contributed by atoms with Crippen molar-refractivity contribution in [3.05, 3.63) is 23.8 Å². The van der Waals surface area contributed by atoms with Gasteiger partial charge in [0.2, 0.25) is 18.6 Å². The third-order valence-corrected chi connectivity index (χ3v) is 3.27. The van der Waals surface area contributed by atoms with E-state index in [9.17, 15) is 9.59 Å². The van der Waals surface area contributed by atoms with Gasteiger partial charge in [-0.2, -0.15) is 0 Å². The SMILES string of the molecule is O=C1CCC(Cc2ccc3c(c2)OCO3)C(=O)N1. The molecule has 0 spiro atoms. The fourth-order valence-corrected chi connectivity index (χ4v) is 2.29. The summed E-state index contributed by atoms with van der Waals surface area (Å²) in [7, 11) is 0. The van der Waals surface area contributed by atoms with Gasteiger partial charge < -0.3 is 9.47 Å². The lowest BCUT2D eigenvalue weighted by Gasteiger charge is -2.20. The van der Waals surface area contributed by atoms with Gasteiger partial charge in [-0.3, -0.25) is 14.9 Å². The Bertz CT molecular complexity index is 512. The van der Waals surface area contributed by atoms with Crippen molar-refractivity contribution in [2.75, 3.05) is 6.79 Å². The minimum absolute atomic E-state index is 0.136. The number of fused-ring (bicyclic) bond motifs is 1. The van der Waals surface area contributed by atoms with Crippen molar-refractivity contribution >= 4 is 11.8 Å². The highest BCUT2D eigenvalue weighted by Gasteiger charge is 2.27. The van der Waals surface area contributed by atoms with E-state index in [1.54, 1.807) is 0 Å². The second kappa shape index (κ2) is 4.33. The molecule has 0 saturated carbocycles. The highest BCUT2D eigenvalue weighted by Crippen LogP contribution is 2.33. The highest BCUT2D eigenvalue weighted by molar-refractivity contribution is 5.98. The molecule has 5 nitrogen and oxygen atoms in total. The van der Waals surface area contributed by atoms with Gasteiger partial charge in [0.15, 0.2) is 11.5 Å². The lowest BCUT2D eigenvalue weighted by atomic mass is 9.91. The number of imide groups is 1. The summed E-state index contributed by atoms with van der Waals surface area (Å²) in [4.78, 5) is 22.7. The summed E-state index contributed by atoms with van der Waals surface area (Å²) in [6.45, 7) is 0.247. The first-order valence-corrected chi connectivity index (χ1v) is 5.94. The molecule has 1 fully saturated rings. The van der Waals surface area contributed by atoms with E-state index in [0.29, 0.717) is 19.3 Å². The molecule has 3 rings (SSSR count). The molecule has 0 bridgehead atoms. The number of rotatable bonds is 2.